The molecule has 0 aliphatic carbocycles. The third-order valence-corrected chi connectivity index (χ3v) is 2.58. The SMILES string of the molecule is COc1ccc(Oc2ccc(C)c(=O)cc2)cc1. The Hall–Kier alpha value is -2.29. The van der Waals surface area contributed by atoms with Crippen molar-refractivity contribution in [1.82, 2.24) is 0 Å². The van der Waals surface area contributed by atoms with E-state index in [1.807, 2.05) is 24.3 Å². The van der Waals surface area contributed by atoms with Crippen LogP contribution >= 0.6 is 0 Å². The summed E-state index contributed by atoms with van der Waals surface area (Å²) in [6.07, 6.45) is 0. The molecular weight excluding hydrogens is 228 g/mol. The van der Waals surface area contributed by atoms with E-state index in [0.29, 0.717) is 17.1 Å². The minimum Gasteiger partial charge on any atom is -0.497 e. The molecule has 0 unspecified atom stereocenters. The Bertz CT molecular complexity index is 588. The summed E-state index contributed by atoms with van der Waals surface area (Å²) in [6, 6.07) is 14.0. The van der Waals surface area contributed by atoms with Gasteiger partial charge in [0.15, 0.2) is 5.43 Å². The van der Waals surface area contributed by atoms with Crippen LogP contribution in [0.1, 0.15) is 5.56 Å². The maximum atomic E-state index is 11.4. The zero-order valence-corrected chi connectivity index (χ0v) is 10.3. The lowest BCUT2D eigenvalue weighted by atomic mass is 10.3. The molecule has 0 aliphatic heterocycles. The molecule has 0 aliphatic rings. The summed E-state index contributed by atoms with van der Waals surface area (Å²) in [6.45, 7) is 1.78. The number of hydrogen-bond acceptors (Lipinski definition) is 3. The van der Waals surface area contributed by atoms with Crippen LogP contribution in [0.2, 0.25) is 0 Å². The van der Waals surface area contributed by atoms with Gasteiger partial charge in [-0.25, -0.2) is 0 Å². The third-order valence-electron chi connectivity index (χ3n) is 2.58. The molecule has 2 rings (SSSR count). The Kier molecular flexibility index (Phi) is 3.63. The minimum atomic E-state index is -0.000388. The van der Waals surface area contributed by atoms with Gasteiger partial charge in [0.25, 0.3) is 0 Å². The lowest BCUT2D eigenvalue weighted by Gasteiger charge is -2.04. The molecule has 0 aromatic heterocycles. The maximum absolute atomic E-state index is 11.4. The van der Waals surface area contributed by atoms with Gasteiger partial charge in [0.1, 0.15) is 17.2 Å². The molecular formula is C15H14O3. The molecule has 2 aromatic carbocycles. The van der Waals surface area contributed by atoms with Crippen molar-refractivity contribution in [2.45, 2.75) is 6.92 Å². The van der Waals surface area contributed by atoms with Gasteiger partial charge in [0, 0.05) is 0 Å². The van der Waals surface area contributed by atoms with E-state index >= 15 is 0 Å². The van der Waals surface area contributed by atoms with Crippen molar-refractivity contribution in [3.05, 3.63) is 64.3 Å². The summed E-state index contributed by atoms with van der Waals surface area (Å²) in [7, 11) is 1.62. The second-order valence-electron chi connectivity index (χ2n) is 3.89. The Labute approximate surface area is 106 Å². The molecule has 0 spiro atoms. The first-order valence-corrected chi connectivity index (χ1v) is 5.62. The lowest BCUT2D eigenvalue weighted by molar-refractivity contribution is 0.413. The first-order chi connectivity index (χ1) is 8.69. The van der Waals surface area contributed by atoms with Crippen molar-refractivity contribution in [3.8, 4) is 17.2 Å². The summed E-state index contributed by atoms with van der Waals surface area (Å²) >= 11 is 0. The van der Waals surface area contributed by atoms with E-state index in [4.69, 9.17) is 9.47 Å². The van der Waals surface area contributed by atoms with Gasteiger partial charge in [0.2, 0.25) is 0 Å². The predicted molar refractivity (Wildman–Crippen MR) is 70.5 cm³/mol. The predicted octanol–water partition coefficient (Wildman–Crippen LogP) is 3.16. The Morgan fingerprint density at radius 3 is 1.89 bits per heavy atom. The molecule has 0 fully saturated rings. The van der Waals surface area contributed by atoms with Crippen LogP contribution in [0.25, 0.3) is 0 Å². The van der Waals surface area contributed by atoms with Gasteiger partial charge in [0.05, 0.1) is 7.11 Å². The molecule has 3 nitrogen and oxygen atoms in total. The highest BCUT2D eigenvalue weighted by Gasteiger charge is 1.98. The molecule has 0 saturated carbocycles. The highest BCUT2D eigenvalue weighted by molar-refractivity contribution is 5.35. The van der Waals surface area contributed by atoms with E-state index in [9.17, 15) is 4.79 Å². The molecule has 2 aromatic rings. The average Bonchev–Trinajstić information content (AvgIpc) is 2.55. The molecule has 0 amide bonds. The fraction of sp³-hybridized carbons (Fsp3) is 0.133. The first-order valence-electron chi connectivity index (χ1n) is 5.62. The molecule has 0 radical (unpaired) electrons. The Morgan fingerprint density at radius 2 is 1.28 bits per heavy atom. The minimum absolute atomic E-state index is 0.000388. The monoisotopic (exact) mass is 242 g/mol. The van der Waals surface area contributed by atoms with Crippen molar-refractivity contribution in [2.24, 2.45) is 0 Å². The zero-order valence-electron chi connectivity index (χ0n) is 10.3. The number of methoxy groups -OCH3 is 1. The molecule has 0 N–H and O–H groups in total. The molecule has 3 heteroatoms. The fourth-order valence-electron chi connectivity index (χ4n) is 1.48. The second-order valence-corrected chi connectivity index (χ2v) is 3.89. The first kappa shape index (κ1) is 12.2. The van der Waals surface area contributed by atoms with E-state index in [1.165, 1.54) is 6.07 Å². The number of hydrogen-bond donors (Lipinski definition) is 0. The molecule has 18 heavy (non-hydrogen) atoms. The maximum Gasteiger partial charge on any atom is 0.181 e. The van der Waals surface area contributed by atoms with Gasteiger partial charge in [-0.15, -0.1) is 0 Å². The Morgan fingerprint density at radius 1 is 0.778 bits per heavy atom. The van der Waals surface area contributed by atoms with Crippen LogP contribution in [0, 0.1) is 6.92 Å². The normalized spacial score (nSPS) is 9.89. The van der Waals surface area contributed by atoms with Gasteiger partial charge >= 0.3 is 0 Å². The van der Waals surface area contributed by atoms with Crippen molar-refractivity contribution in [3.63, 3.8) is 0 Å². The van der Waals surface area contributed by atoms with Crippen molar-refractivity contribution < 1.29 is 9.47 Å². The van der Waals surface area contributed by atoms with Crippen LogP contribution in [-0.4, -0.2) is 7.11 Å². The van der Waals surface area contributed by atoms with Crippen LogP contribution in [0.15, 0.2) is 53.3 Å². The number of aryl methyl sites for hydroxylation is 1. The third kappa shape index (κ3) is 2.88. The standard InChI is InChI=1S/C15H14O3/c1-11-3-4-13(9-10-15(11)16)18-14-7-5-12(17-2)6-8-14/h3-10H,1-2H3. The van der Waals surface area contributed by atoms with Crippen LogP contribution in [-0.2, 0) is 0 Å². The molecule has 0 atom stereocenters. The van der Waals surface area contributed by atoms with E-state index < -0.39 is 0 Å². The summed E-state index contributed by atoms with van der Waals surface area (Å²) in [5, 5.41) is 0. The molecule has 0 heterocycles. The molecule has 92 valence electrons. The van der Waals surface area contributed by atoms with Crippen molar-refractivity contribution >= 4 is 0 Å². The van der Waals surface area contributed by atoms with E-state index in [1.54, 1.807) is 32.2 Å². The Balaban J connectivity index is 2.23. The summed E-state index contributed by atoms with van der Waals surface area (Å²) in [5.41, 5.74) is 0.694. The molecule has 0 bridgehead atoms. The summed E-state index contributed by atoms with van der Waals surface area (Å²) < 4.78 is 10.7. The van der Waals surface area contributed by atoms with E-state index in [0.717, 1.165) is 5.75 Å². The van der Waals surface area contributed by atoms with Crippen LogP contribution in [0.4, 0.5) is 0 Å². The summed E-state index contributed by atoms with van der Waals surface area (Å²) in [5.74, 6) is 2.11. The smallest absolute Gasteiger partial charge is 0.181 e. The highest BCUT2D eigenvalue weighted by atomic mass is 16.5. The van der Waals surface area contributed by atoms with E-state index in [-0.39, 0.29) is 5.43 Å². The number of ether oxygens (including phenoxy) is 2. The summed E-state index contributed by atoms with van der Waals surface area (Å²) in [4.78, 5) is 11.4. The number of benzene rings is 1. The van der Waals surface area contributed by atoms with Crippen LogP contribution in [0.5, 0.6) is 17.2 Å². The second kappa shape index (κ2) is 5.36. The van der Waals surface area contributed by atoms with Gasteiger partial charge in [-0.05, 0) is 55.0 Å². The van der Waals surface area contributed by atoms with Crippen molar-refractivity contribution in [1.29, 1.82) is 0 Å². The quantitative estimate of drug-likeness (QED) is 0.829. The van der Waals surface area contributed by atoms with Gasteiger partial charge in [-0.1, -0.05) is 6.07 Å². The van der Waals surface area contributed by atoms with Gasteiger partial charge in [-0.3, -0.25) is 4.79 Å². The topological polar surface area (TPSA) is 35.5 Å². The number of rotatable bonds is 3. The lowest BCUT2D eigenvalue weighted by Crippen LogP contribution is -1.96. The van der Waals surface area contributed by atoms with Crippen molar-refractivity contribution in [2.75, 3.05) is 7.11 Å². The largest absolute Gasteiger partial charge is 0.497 e. The fourth-order valence-corrected chi connectivity index (χ4v) is 1.48. The van der Waals surface area contributed by atoms with Gasteiger partial charge in [-0.2, -0.15) is 0 Å². The van der Waals surface area contributed by atoms with Gasteiger partial charge < -0.3 is 9.47 Å². The molecule has 0 saturated heterocycles. The average molecular weight is 242 g/mol. The van der Waals surface area contributed by atoms with Crippen LogP contribution < -0.4 is 14.9 Å². The highest BCUT2D eigenvalue weighted by Crippen LogP contribution is 2.22. The zero-order chi connectivity index (χ0) is 13.0. The van der Waals surface area contributed by atoms with E-state index in [2.05, 4.69) is 0 Å². The van der Waals surface area contributed by atoms with Crippen LogP contribution in [0.3, 0.4) is 0 Å².